The maximum Gasteiger partial charge on any atom is 0.0409 e. The van der Waals surface area contributed by atoms with Crippen LogP contribution in [-0.4, -0.2) is 30.6 Å². The highest BCUT2D eigenvalue weighted by Gasteiger charge is 2.21. The third kappa shape index (κ3) is 3.85. The molecule has 1 aliphatic rings. The van der Waals surface area contributed by atoms with E-state index in [9.17, 15) is 0 Å². The summed E-state index contributed by atoms with van der Waals surface area (Å²) in [5.41, 5.74) is 1.31. The van der Waals surface area contributed by atoms with Crippen LogP contribution in [0.1, 0.15) is 25.5 Å². The molecule has 0 spiro atoms. The van der Waals surface area contributed by atoms with Gasteiger partial charge in [-0.15, -0.1) is 12.4 Å². The zero-order valence-corrected chi connectivity index (χ0v) is 11.9. The van der Waals surface area contributed by atoms with E-state index >= 15 is 0 Å². The minimum Gasteiger partial charge on any atom is -0.312 e. The highest BCUT2D eigenvalue weighted by atomic mass is 35.5. The molecule has 0 radical (unpaired) electrons. The third-order valence-corrected chi connectivity index (χ3v) is 3.51. The highest BCUT2D eigenvalue weighted by Crippen LogP contribution is 2.23. The molecule has 96 valence electrons. The first-order chi connectivity index (χ1) is 7.66. The largest absolute Gasteiger partial charge is 0.312 e. The lowest BCUT2D eigenvalue weighted by Gasteiger charge is -2.36. The molecule has 1 fully saturated rings. The van der Waals surface area contributed by atoms with E-state index in [1.807, 2.05) is 12.1 Å². The van der Waals surface area contributed by atoms with Gasteiger partial charge < -0.3 is 5.32 Å². The molecule has 0 saturated carbocycles. The number of nitrogens with zero attached hydrogens (tertiary/aromatic N) is 1. The minimum atomic E-state index is 0. The van der Waals surface area contributed by atoms with Crippen LogP contribution in [0.15, 0.2) is 24.3 Å². The Kier molecular flexibility index (Phi) is 5.74. The normalized spacial score (nSPS) is 22.9. The topological polar surface area (TPSA) is 15.3 Å². The summed E-state index contributed by atoms with van der Waals surface area (Å²) in [6.07, 6.45) is 0. The van der Waals surface area contributed by atoms with Gasteiger partial charge in [-0.25, -0.2) is 0 Å². The number of halogens is 2. The van der Waals surface area contributed by atoms with Crippen LogP contribution in [0, 0.1) is 0 Å². The summed E-state index contributed by atoms with van der Waals surface area (Å²) in [6, 6.07) is 9.21. The van der Waals surface area contributed by atoms with E-state index in [0.717, 1.165) is 24.7 Å². The Morgan fingerprint density at radius 1 is 1.47 bits per heavy atom. The average Bonchev–Trinajstić information content (AvgIpc) is 2.28. The van der Waals surface area contributed by atoms with Crippen LogP contribution < -0.4 is 5.32 Å². The molecule has 0 aliphatic carbocycles. The van der Waals surface area contributed by atoms with Gasteiger partial charge in [0.1, 0.15) is 0 Å². The summed E-state index contributed by atoms with van der Waals surface area (Å²) in [5.74, 6) is 0. The van der Waals surface area contributed by atoms with E-state index in [1.54, 1.807) is 0 Å². The standard InChI is InChI=1S/C13H19ClN2.ClH/c1-10-9-16(7-6-15-10)11(2)12-4-3-5-13(14)8-12;/h3-5,8,10-11,15H,6-7,9H2,1-2H3;1H. The molecule has 0 amide bonds. The van der Waals surface area contributed by atoms with Crippen molar-refractivity contribution >= 4 is 24.0 Å². The number of rotatable bonds is 2. The summed E-state index contributed by atoms with van der Waals surface area (Å²) >= 11 is 6.03. The van der Waals surface area contributed by atoms with Crippen molar-refractivity contribution in [3.05, 3.63) is 34.9 Å². The molecule has 4 heteroatoms. The Morgan fingerprint density at radius 3 is 2.88 bits per heavy atom. The van der Waals surface area contributed by atoms with E-state index in [4.69, 9.17) is 11.6 Å². The van der Waals surface area contributed by atoms with Gasteiger partial charge >= 0.3 is 0 Å². The quantitative estimate of drug-likeness (QED) is 0.892. The second kappa shape index (κ2) is 6.60. The molecule has 1 N–H and O–H groups in total. The highest BCUT2D eigenvalue weighted by molar-refractivity contribution is 6.30. The summed E-state index contributed by atoms with van der Waals surface area (Å²) in [6.45, 7) is 7.78. The van der Waals surface area contributed by atoms with E-state index in [0.29, 0.717) is 12.1 Å². The molecule has 1 aliphatic heterocycles. The summed E-state index contributed by atoms with van der Waals surface area (Å²) in [4.78, 5) is 2.51. The molecule has 0 aromatic heterocycles. The second-order valence-corrected chi connectivity index (χ2v) is 5.02. The van der Waals surface area contributed by atoms with Gasteiger partial charge in [0, 0.05) is 36.7 Å². The maximum absolute atomic E-state index is 6.03. The van der Waals surface area contributed by atoms with Gasteiger partial charge in [-0.05, 0) is 31.5 Å². The average molecular weight is 275 g/mol. The van der Waals surface area contributed by atoms with Crippen LogP contribution in [0.5, 0.6) is 0 Å². The number of piperazine rings is 1. The van der Waals surface area contributed by atoms with Crippen LogP contribution in [0.3, 0.4) is 0 Å². The Bertz CT molecular complexity index is 357. The van der Waals surface area contributed by atoms with Gasteiger partial charge in [-0.3, -0.25) is 4.90 Å². The fourth-order valence-corrected chi connectivity index (χ4v) is 2.49. The van der Waals surface area contributed by atoms with Crippen LogP contribution in [-0.2, 0) is 0 Å². The Balaban J connectivity index is 0.00000144. The minimum absolute atomic E-state index is 0. The zero-order valence-electron chi connectivity index (χ0n) is 10.3. The Morgan fingerprint density at radius 2 is 2.24 bits per heavy atom. The van der Waals surface area contributed by atoms with E-state index in [-0.39, 0.29) is 12.4 Å². The molecule has 2 nitrogen and oxygen atoms in total. The Hall–Kier alpha value is -0.280. The van der Waals surface area contributed by atoms with Gasteiger partial charge in [-0.2, -0.15) is 0 Å². The van der Waals surface area contributed by atoms with Crippen molar-refractivity contribution < 1.29 is 0 Å². The zero-order chi connectivity index (χ0) is 11.5. The molecule has 1 aromatic rings. The monoisotopic (exact) mass is 274 g/mol. The van der Waals surface area contributed by atoms with Gasteiger partial charge in [-0.1, -0.05) is 23.7 Å². The van der Waals surface area contributed by atoms with E-state index in [1.165, 1.54) is 5.56 Å². The first-order valence-corrected chi connectivity index (χ1v) is 6.27. The summed E-state index contributed by atoms with van der Waals surface area (Å²) in [5, 5.41) is 4.29. The summed E-state index contributed by atoms with van der Waals surface area (Å²) < 4.78 is 0. The molecule has 2 unspecified atom stereocenters. The molecular formula is C13H20Cl2N2. The van der Waals surface area contributed by atoms with Crippen molar-refractivity contribution in [2.75, 3.05) is 19.6 Å². The predicted molar refractivity (Wildman–Crippen MR) is 76.2 cm³/mol. The lowest BCUT2D eigenvalue weighted by atomic mass is 10.1. The van der Waals surface area contributed by atoms with Crippen molar-refractivity contribution in [1.29, 1.82) is 0 Å². The van der Waals surface area contributed by atoms with Crippen molar-refractivity contribution in [3.63, 3.8) is 0 Å². The fraction of sp³-hybridized carbons (Fsp3) is 0.538. The van der Waals surface area contributed by atoms with Gasteiger partial charge in [0.15, 0.2) is 0 Å². The number of hydrogen-bond donors (Lipinski definition) is 1. The third-order valence-electron chi connectivity index (χ3n) is 3.28. The molecule has 1 aromatic carbocycles. The first-order valence-electron chi connectivity index (χ1n) is 5.89. The lowest BCUT2D eigenvalue weighted by Crippen LogP contribution is -2.49. The Labute approximate surface area is 115 Å². The SMILES string of the molecule is CC1CN(C(C)c2cccc(Cl)c2)CCN1.Cl. The molecule has 2 atom stereocenters. The van der Waals surface area contributed by atoms with Gasteiger partial charge in [0.05, 0.1) is 0 Å². The number of benzene rings is 1. The van der Waals surface area contributed by atoms with E-state index in [2.05, 4.69) is 36.2 Å². The number of hydrogen-bond acceptors (Lipinski definition) is 2. The van der Waals surface area contributed by atoms with Crippen LogP contribution in [0.4, 0.5) is 0 Å². The van der Waals surface area contributed by atoms with Crippen molar-refractivity contribution in [2.24, 2.45) is 0 Å². The van der Waals surface area contributed by atoms with Crippen LogP contribution in [0.2, 0.25) is 5.02 Å². The lowest BCUT2D eigenvalue weighted by molar-refractivity contribution is 0.159. The predicted octanol–water partition coefficient (Wildman–Crippen LogP) is 3.12. The van der Waals surface area contributed by atoms with Gasteiger partial charge in [0.2, 0.25) is 0 Å². The fourth-order valence-electron chi connectivity index (χ4n) is 2.29. The smallest absolute Gasteiger partial charge is 0.0409 e. The maximum atomic E-state index is 6.03. The molecule has 17 heavy (non-hydrogen) atoms. The summed E-state index contributed by atoms with van der Waals surface area (Å²) in [7, 11) is 0. The molecule has 1 saturated heterocycles. The molecule has 0 bridgehead atoms. The molecular weight excluding hydrogens is 255 g/mol. The van der Waals surface area contributed by atoms with Crippen molar-refractivity contribution in [1.82, 2.24) is 10.2 Å². The van der Waals surface area contributed by atoms with Crippen molar-refractivity contribution in [3.8, 4) is 0 Å². The number of nitrogens with one attached hydrogen (secondary N) is 1. The second-order valence-electron chi connectivity index (χ2n) is 4.58. The molecule has 2 rings (SSSR count). The van der Waals surface area contributed by atoms with Gasteiger partial charge in [0.25, 0.3) is 0 Å². The van der Waals surface area contributed by atoms with E-state index < -0.39 is 0 Å². The van der Waals surface area contributed by atoms with Crippen molar-refractivity contribution in [2.45, 2.75) is 25.9 Å². The van der Waals surface area contributed by atoms with Crippen LogP contribution in [0.25, 0.3) is 0 Å². The molecule has 1 heterocycles. The van der Waals surface area contributed by atoms with Crippen LogP contribution >= 0.6 is 24.0 Å². The first kappa shape index (κ1) is 14.8.